The summed E-state index contributed by atoms with van der Waals surface area (Å²) in [4.78, 5) is 4.45. The van der Waals surface area contributed by atoms with Crippen LogP contribution in [0, 0.1) is 0 Å². The molecule has 1 aromatic carbocycles. The van der Waals surface area contributed by atoms with E-state index in [4.69, 9.17) is 21.6 Å². The molecule has 6 N–H and O–H groups in total. The third-order valence-corrected chi connectivity index (χ3v) is 3.77. The van der Waals surface area contributed by atoms with Crippen LogP contribution in [0.25, 0.3) is 5.57 Å². The molecule has 5 nitrogen and oxygen atoms in total. The molecule has 1 aromatic rings. The lowest BCUT2D eigenvalue weighted by atomic mass is 9.98. The highest BCUT2D eigenvalue weighted by Gasteiger charge is 2.41. The van der Waals surface area contributed by atoms with Gasteiger partial charge in [0.05, 0.1) is 5.57 Å². The highest BCUT2D eigenvalue weighted by atomic mass is 16.5. The molecule has 1 spiro atoms. The minimum atomic E-state index is -0.204. The quantitative estimate of drug-likeness (QED) is 0.592. The number of rotatable bonds is 2. The van der Waals surface area contributed by atoms with Crippen LogP contribution in [0.4, 0.5) is 0 Å². The van der Waals surface area contributed by atoms with Crippen molar-refractivity contribution in [2.24, 2.45) is 16.5 Å². The van der Waals surface area contributed by atoms with Gasteiger partial charge in [0.25, 0.3) is 6.02 Å². The van der Waals surface area contributed by atoms with Crippen LogP contribution in [0.1, 0.15) is 16.7 Å². The van der Waals surface area contributed by atoms with E-state index >= 15 is 0 Å². The lowest BCUT2D eigenvalue weighted by Gasteiger charge is -2.15. The molecular weight excluding hydrogens is 240 g/mol. The van der Waals surface area contributed by atoms with Crippen LogP contribution < -0.4 is 16.9 Å². The Bertz CT molecular complexity index is 605. The minimum absolute atomic E-state index is 0.204. The maximum Gasteiger partial charge on any atom is 0.282 e. The summed E-state index contributed by atoms with van der Waals surface area (Å²) in [5, 5.41) is 5.56. The van der Waals surface area contributed by atoms with Gasteiger partial charge in [-0.2, -0.15) is 0 Å². The van der Waals surface area contributed by atoms with Crippen LogP contribution in [0.2, 0.25) is 0 Å². The van der Waals surface area contributed by atoms with Gasteiger partial charge in [-0.3, -0.25) is 5.41 Å². The van der Waals surface area contributed by atoms with Gasteiger partial charge in [-0.15, -0.1) is 0 Å². The summed E-state index contributed by atoms with van der Waals surface area (Å²) in [7, 11) is 0. The fourth-order valence-electron chi connectivity index (χ4n) is 2.85. The Morgan fingerprint density at radius 3 is 2.79 bits per heavy atom. The van der Waals surface area contributed by atoms with Crippen LogP contribution in [0.3, 0.4) is 0 Å². The summed E-state index contributed by atoms with van der Waals surface area (Å²) >= 11 is 0. The van der Waals surface area contributed by atoms with Crippen molar-refractivity contribution in [2.45, 2.75) is 18.4 Å². The molecule has 0 fully saturated rings. The van der Waals surface area contributed by atoms with Crippen molar-refractivity contribution in [1.82, 2.24) is 0 Å². The molecule has 5 heteroatoms. The van der Waals surface area contributed by atoms with E-state index in [2.05, 4.69) is 17.1 Å². The predicted octanol–water partition coefficient (Wildman–Crippen LogP) is -1.00. The van der Waals surface area contributed by atoms with Crippen molar-refractivity contribution in [3.05, 3.63) is 41.1 Å². The molecule has 0 radical (unpaired) electrons. The Balaban J connectivity index is 1.95. The average Bonchev–Trinajstić information content (AvgIpc) is 2.93. The number of ether oxygens (including phenoxy) is 1. The van der Waals surface area contributed by atoms with E-state index in [-0.39, 0.29) is 5.54 Å². The van der Waals surface area contributed by atoms with E-state index in [9.17, 15) is 0 Å². The van der Waals surface area contributed by atoms with Crippen LogP contribution in [0.15, 0.2) is 29.4 Å². The van der Waals surface area contributed by atoms with E-state index in [1.807, 2.05) is 6.07 Å². The first-order valence-electron chi connectivity index (χ1n) is 6.23. The van der Waals surface area contributed by atoms with E-state index < -0.39 is 0 Å². The van der Waals surface area contributed by atoms with Crippen molar-refractivity contribution in [2.75, 3.05) is 6.61 Å². The zero-order chi connectivity index (χ0) is 13.5. The summed E-state index contributed by atoms with van der Waals surface area (Å²) in [6.45, 7) is 0.561. The molecule has 19 heavy (non-hydrogen) atoms. The monoisotopic (exact) mass is 257 g/mol. The van der Waals surface area contributed by atoms with Crippen molar-refractivity contribution < 1.29 is 10.1 Å². The van der Waals surface area contributed by atoms with E-state index in [1.165, 1.54) is 23.5 Å². The molecule has 0 saturated carbocycles. The maximum atomic E-state index is 5.63. The highest BCUT2D eigenvalue weighted by molar-refractivity contribution is 6.06. The van der Waals surface area contributed by atoms with E-state index in [0.717, 1.165) is 24.0 Å². The van der Waals surface area contributed by atoms with Crippen LogP contribution >= 0.6 is 0 Å². The minimum Gasteiger partial charge on any atom is -0.463 e. The van der Waals surface area contributed by atoms with Gasteiger partial charge in [0.2, 0.25) is 0 Å². The van der Waals surface area contributed by atoms with Gasteiger partial charge in [-0.1, -0.05) is 18.2 Å². The molecule has 1 aliphatic carbocycles. The largest absolute Gasteiger partial charge is 0.463 e. The van der Waals surface area contributed by atoms with Gasteiger partial charge < -0.3 is 16.2 Å². The number of amidine groups is 1. The van der Waals surface area contributed by atoms with E-state index in [1.54, 1.807) is 0 Å². The number of allylic oxidation sites excluding steroid dienone is 1. The Morgan fingerprint density at radius 1 is 1.37 bits per heavy atom. The van der Waals surface area contributed by atoms with Crippen LogP contribution in [0.5, 0.6) is 0 Å². The molecule has 1 unspecified atom stereocenters. The first-order chi connectivity index (χ1) is 9.15. The molecule has 1 atom stereocenters. The number of hydrogen-bond donors (Lipinski definition) is 3. The molecule has 0 aromatic heterocycles. The smallest absolute Gasteiger partial charge is 0.282 e. The van der Waals surface area contributed by atoms with Gasteiger partial charge in [0, 0.05) is 19.0 Å². The lowest BCUT2D eigenvalue weighted by molar-refractivity contribution is -0.103. The summed E-state index contributed by atoms with van der Waals surface area (Å²) < 4.78 is 5.31. The van der Waals surface area contributed by atoms with E-state index in [0.29, 0.717) is 12.6 Å². The number of nitrogens with zero attached hydrogens (tertiary/aromatic N) is 1. The Morgan fingerprint density at radius 2 is 2.16 bits per heavy atom. The van der Waals surface area contributed by atoms with Crippen molar-refractivity contribution in [3.8, 4) is 0 Å². The second-order valence-electron chi connectivity index (χ2n) is 5.09. The maximum absolute atomic E-state index is 5.63. The van der Waals surface area contributed by atoms with Crippen molar-refractivity contribution >= 4 is 17.8 Å². The molecule has 2 aliphatic rings. The Hall–Kier alpha value is -2.30. The molecule has 3 rings (SSSR count). The second-order valence-corrected chi connectivity index (χ2v) is 5.09. The third kappa shape index (κ3) is 1.87. The van der Waals surface area contributed by atoms with Crippen molar-refractivity contribution in [3.63, 3.8) is 0 Å². The number of benzene rings is 1. The first kappa shape index (κ1) is 11.8. The SMILES string of the molecule is N/C=C(\C=[NH2+])c1ccc2c(c1)CC1(COC(N)=N1)C2. The molecule has 1 aliphatic heterocycles. The summed E-state index contributed by atoms with van der Waals surface area (Å²) in [6, 6.07) is 6.56. The van der Waals surface area contributed by atoms with Crippen molar-refractivity contribution in [1.29, 1.82) is 0 Å². The summed E-state index contributed by atoms with van der Waals surface area (Å²) in [6.07, 6.45) is 4.75. The number of hydrogen-bond acceptors (Lipinski definition) is 4. The Labute approximate surface area is 111 Å². The number of nitrogens with two attached hydrogens (primary N) is 3. The zero-order valence-electron chi connectivity index (χ0n) is 10.6. The molecule has 0 amide bonds. The number of aliphatic imine (C=N–C) groups is 1. The van der Waals surface area contributed by atoms with Gasteiger partial charge >= 0.3 is 0 Å². The van der Waals surface area contributed by atoms with Gasteiger partial charge in [0.1, 0.15) is 12.1 Å². The molecule has 0 bridgehead atoms. The number of fused-ring (bicyclic) bond motifs is 1. The summed E-state index contributed by atoms with van der Waals surface area (Å²) in [5.74, 6) is 0. The van der Waals surface area contributed by atoms with Crippen LogP contribution in [-0.4, -0.2) is 24.4 Å². The molecule has 0 saturated heterocycles. The van der Waals surface area contributed by atoms with Gasteiger partial charge in [-0.25, -0.2) is 4.99 Å². The molecular formula is C14H17N4O+. The van der Waals surface area contributed by atoms with Gasteiger partial charge in [0.15, 0.2) is 6.21 Å². The topological polar surface area (TPSA) is 99.2 Å². The average molecular weight is 257 g/mol. The van der Waals surface area contributed by atoms with Gasteiger partial charge in [-0.05, 0) is 16.7 Å². The first-order valence-corrected chi connectivity index (χ1v) is 6.23. The zero-order valence-corrected chi connectivity index (χ0v) is 10.6. The van der Waals surface area contributed by atoms with Crippen LogP contribution in [-0.2, 0) is 17.6 Å². The summed E-state index contributed by atoms with van der Waals surface area (Å²) in [5.41, 5.74) is 15.4. The standard InChI is InChI=1S/C14H16N4O/c15-6-12(7-16)9-1-2-10-4-14(5-11(10)3-9)8-19-13(17)18-14/h1-3,6-7,15H,4-5,8,16H2,(H2,17,18)/p+1/b12-7+,15-6?. The second kappa shape index (κ2) is 4.12. The third-order valence-electron chi connectivity index (χ3n) is 3.77. The fourth-order valence-corrected chi connectivity index (χ4v) is 2.85. The Kier molecular flexibility index (Phi) is 2.55. The highest BCUT2D eigenvalue weighted by Crippen LogP contribution is 2.36. The lowest BCUT2D eigenvalue weighted by Crippen LogP contribution is -2.30. The fraction of sp³-hybridized carbons (Fsp3) is 0.286. The predicted molar refractivity (Wildman–Crippen MR) is 74.3 cm³/mol. The molecule has 1 heterocycles. The molecule has 98 valence electrons. The normalized spacial score (nSPS) is 25.1.